The maximum Gasteiger partial charge on any atom is 0.408 e. The van der Waals surface area contributed by atoms with Gasteiger partial charge in [-0.15, -0.1) is 0 Å². The highest BCUT2D eigenvalue weighted by molar-refractivity contribution is 5.83. The summed E-state index contributed by atoms with van der Waals surface area (Å²) >= 11 is 0. The summed E-state index contributed by atoms with van der Waals surface area (Å²) in [5.41, 5.74) is -0.788. The average Bonchev–Trinajstić information content (AvgIpc) is 3.09. The third-order valence-electron chi connectivity index (χ3n) is 5.85. The van der Waals surface area contributed by atoms with Gasteiger partial charge >= 0.3 is 12.1 Å². The molecule has 1 aliphatic carbocycles. The predicted octanol–water partition coefficient (Wildman–Crippen LogP) is 3.56. The van der Waals surface area contributed by atoms with Crippen molar-refractivity contribution in [2.45, 2.75) is 70.6 Å². The molecule has 0 aromatic heterocycles. The van der Waals surface area contributed by atoms with Crippen LogP contribution < -0.4 is 15.4 Å². The van der Waals surface area contributed by atoms with Crippen LogP contribution in [-0.2, 0) is 9.53 Å². The van der Waals surface area contributed by atoms with Crippen molar-refractivity contribution in [2.24, 2.45) is 11.8 Å². The molecule has 4 unspecified atom stereocenters. The number of nitro groups is 1. The molecule has 31 heavy (non-hydrogen) atoms. The van der Waals surface area contributed by atoms with Crippen molar-refractivity contribution in [3.05, 3.63) is 34.4 Å². The Hall–Kier alpha value is -2.68. The first-order valence-electron chi connectivity index (χ1n) is 10.8. The van der Waals surface area contributed by atoms with Gasteiger partial charge < -0.3 is 20.1 Å². The summed E-state index contributed by atoms with van der Waals surface area (Å²) in [6, 6.07) is 4.87. The van der Waals surface area contributed by atoms with Crippen LogP contribution in [0.1, 0.15) is 52.9 Å². The number of non-ortho nitro benzene ring substituents is 1. The smallest absolute Gasteiger partial charge is 0.408 e. The summed E-state index contributed by atoms with van der Waals surface area (Å²) in [4.78, 5) is 35.6. The van der Waals surface area contributed by atoms with Crippen molar-refractivity contribution in [2.75, 3.05) is 6.54 Å². The van der Waals surface area contributed by atoms with Crippen LogP contribution in [0.5, 0.6) is 5.75 Å². The van der Waals surface area contributed by atoms with Crippen LogP contribution in [0.15, 0.2) is 24.3 Å². The van der Waals surface area contributed by atoms with Crippen molar-refractivity contribution in [3.63, 3.8) is 0 Å². The van der Waals surface area contributed by atoms with Gasteiger partial charge in [0.05, 0.1) is 4.92 Å². The third kappa shape index (κ3) is 6.40. The second-order valence-corrected chi connectivity index (χ2v) is 9.33. The summed E-state index contributed by atoms with van der Waals surface area (Å²) < 4.78 is 10.8. The van der Waals surface area contributed by atoms with Crippen molar-refractivity contribution < 1.29 is 24.0 Å². The van der Waals surface area contributed by atoms with Gasteiger partial charge in [0.15, 0.2) is 0 Å². The van der Waals surface area contributed by atoms with Gasteiger partial charge in [-0.1, -0.05) is 12.8 Å². The third-order valence-corrected chi connectivity index (χ3v) is 5.85. The van der Waals surface area contributed by atoms with Crippen molar-refractivity contribution in [1.82, 2.24) is 10.6 Å². The maximum absolute atomic E-state index is 12.9. The Morgan fingerprint density at radius 2 is 1.90 bits per heavy atom. The number of alkyl carbamates (subject to hydrolysis) is 1. The van der Waals surface area contributed by atoms with E-state index in [1.165, 1.54) is 37.1 Å². The van der Waals surface area contributed by atoms with E-state index in [0.717, 1.165) is 19.4 Å². The van der Waals surface area contributed by atoms with Gasteiger partial charge in [0, 0.05) is 18.2 Å². The van der Waals surface area contributed by atoms with E-state index in [2.05, 4.69) is 10.6 Å². The van der Waals surface area contributed by atoms with Crippen LogP contribution in [0.3, 0.4) is 0 Å². The lowest BCUT2D eigenvalue weighted by Gasteiger charge is -2.30. The minimum absolute atomic E-state index is 0.0939. The first-order valence-corrected chi connectivity index (χ1v) is 10.8. The Balaban J connectivity index is 1.70. The molecular formula is C22H31N3O6. The molecule has 1 aromatic rings. The number of carbonyl (C=O) groups is 2. The number of benzene rings is 1. The summed E-state index contributed by atoms with van der Waals surface area (Å²) in [5, 5.41) is 17.0. The number of nitrogens with zero attached hydrogens (tertiary/aromatic N) is 1. The Bertz CT molecular complexity index is 804. The molecule has 2 N–H and O–H groups in total. The number of esters is 1. The monoisotopic (exact) mass is 433 g/mol. The number of fused-ring (bicyclic) bond motifs is 1. The Morgan fingerprint density at radius 1 is 1.23 bits per heavy atom. The molecule has 1 saturated heterocycles. The molecule has 3 rings (SSSR count). The second-order valence-electron chi connectivity index (χ2n) is 9.33. The number of ether oxygens (including phenoxy) is 2. The van der Waals surface area contributed by atoms with Crippen LogP contribution in [0.25, 0.3) is 0 Å². The van der Waals surface area contributed by atoms with E-state index in [1.807, 2.05) is 0 Å². The molecule has 1 aliphatic heterocycles. The lowest BCUT2D eigenvalue weighted by molar-refractivity contribution is -0.384. The highest BCUT2D eigenvalue weighted by atomic mass is 16.6. The molecule has 1 saturated carbocycles. The molecule has 0 radical (unpaired) electrons. The molecule has 0 spiro atoms. The number of amides is 1. The fourth-order valence-corrected chi connectivity index (χ4v) is 4.48. The number of hydrogen-bond donors (Lipinski definition) is 2. The van der Waals surface area contributed by atoms with E-state index in [0.29, 0.717) is 18.4 Å². The van der Waals surface area contributed by atoms with Crippen LogP contribution in [-0.4, -0.2) is 41.2 Å². The molecule has 1 aromatic carbocycles. The van der Waals surface area contributed by atoms with E-state index in [-0.39, 0.29) is 17.4 Å². The SMILES string of the molecule is CC(C)(C)OC(=O)NC(CC1CNC2CCCCC12)C(=O)Oc1ccc([N+](=O)[O-])cc1. The number of nitrogens with one attached hydrogen (secondary N) is 2. The van der Waals surface area contributed by atoms with E-state index >= 15 is 0 Å². The predicted molar refractivity (Wildman–Crippen MR) is 114 cm³/mol. The fourth-order valence-electron chi connectivity index (χ4n) is 4.48. The van der Waals surface area contributed by atoms with Crippen molar-refractivity contribution in [1.29, 1.82) is 0 Å². The van der Waals surface area contributed by atoms with Gasteiger partial charge in [-0.2, -0.15) is 0 Å². The molecule has 170 valence electrons. The second kappa shape index (κ2) is 9.64. The molecule has 2 fully saturated rings. The summed E-state index contributed by atoms with van der Waals surface area (Å²) in [7, 11) is 0. The number of rotatable bonds is 6. The van der Waals surface area contributed by atoms with E-state index in [1.54, 1.807) is 20.8 Å². The zero-order chi connectivity index (χ0) is 22.6. The molecule has 9 heteroatoms. The molecule has 9 nitrogen and oxygen atoms in total. The summed E-state index contributed by atoms with van der Waals surface area (Å²) in [5.74, 6) is 0.296. The number of carbonyl (C=O) groups excluding carboxylic acids is 2. The van der Waals surface area contributed by atoms with Crippen LogP contribution in [0, 0.1) is 22.0 Å². The molecule has 2 aliphatic rings. The summed E-state index contributed by atoms with van der Waals surface area (Å²) in [6.07, 6.45) is 4.40. The quantitative estimate of drug-likeness (QED) is 0.305. The highest BCUT2D eigenvalue weighted by Gasteiger charge is 2.40. The fraction of sp³-hybridized carbons (Fsp3) is 0.636. The molecular weight excluding hydrogens is 402 g/mol. The van der Waals surface area contributed by atoms with Gasteiger partial charge in [-0.25, -0.2) is 9.59 Å². The summed E-state index contributed by atoms with van der Waals surface area (Å²) in [6.45, 7) is 6.06. The Morgan fingerprint density at radius 3 is 2.55 bits per heavy atom. The zero-order valence-electron chi connectivity index (χ0n) is 18.3. The van der Waals surface area contributed by atoms with E-state index in [9.17, 15) is 19.7 Å². The van der Waals surface area contributed by atoms with Crippen molar-refractivity contribution in [3.8, 4) is 5.75 Å². The largest absolute Gasteiger partial charge is 0.444 e. The Labute approximate surface area is 182 Å². The van der Waals surface area contributed by atoms with E-state index in [4.69, 9.17) is 9.47 Å². The minimum atomic E-state index is -0.877. The average molecular weight is 434 g/mol. The first kappa shape index (κ1) is 23.0. The number of nitro benzene ring substituents is 1. The van der Waals surface area contributed by atoms with Gasteiger partial charge in [0.1, 0.15) is 17.4 Å². The topological polar surface area (TPSA) is 120 Å². The zero-order valence-corrected chi connectivity index (χ0v) is 18.3. The normalized spacial score (nSPS) is 24.0. The van der Waals surface area contributed by atoms with Crippen molar-refractivity contribution >= 4 is 17.7 Å². The molecule has 1 amide bonds. The van der Waals surface area contributed by atoms with Crippen LogP contribution in [0.2, 0.25) is 0 Å². The van der Waals surface area contributed by atoms with Crippen LogP contribution in [0.4, 0.5) is 10.5 Å². The molecule has 4 atom stereocenters. The first-order chi connectivity index (χ1) is 14.6. The van der Waals surface area contributed by atoms with Gasteiger partial charge in [-0.05, 0) is 70.5 Å². The van der Waals surface area contributed by atoms with Gasteiger partial charge in [0.2, 0.25) is 0 Å². The number of hydrogen-bond acceptors (Lipinski definition) is 7. The highest BCUT2D eigenvalue weighted by Crippen LogP contribution is 2.37. The molecule has 0 bridgehead atoms. The lowest BCUT2D eigenvalue weighted by atomic mass is 9.77. The molecule has 1 heterocycles. The lowest BCUT2D eigenvalue weighted by Crippen LogP contribution is -2.46. The van der Waals surface area contributed by atoms with Gasteiger partial charge in [-0.3, -0.25) is 10.1 Å². The standard InChI is InChI=1S/C22H31N3O6/c1-22(2,3)31-21(27)24-19(12-14-13-23-18-7-5-4-6-17(14)18)20(26)30-16-10-8-15(9-11-16)25(28)29/h8-11,14,17-19,23H,4-7,12-13H2,1-3H3,(H,24,27). The van der Waals surface area contributed by atoms with Gasteiger partial charge in [0.25, 0.3) is 5.69 Å². The Kier molecular flexibility index (Phi) is 7.15. The maximum atomic E-state index is 12.9. The van der Waals surface area contributed by atoms with Crippen LogP contribution >= 0.6 is 0 Å². The minimum Gasteiger partial charge on any atom is -0.444 e. The van der Waals surface area contributed by atoms with E-state index < -0.39 is 28.6 Å².